The van der Waals surface area contributed by atoms with Gasteiger partial charge < -0.3 is 35.5 Å². The zero-order valence-electron chi connectivity index (χ0n) is 18.4. The van der Waals surface area contributed by atoms with Crippen molar-refractivity contribution < 1.29 is 28.6 Å². The number of alkyl halides is 1. The second kappa shape index (κ2) is 16.7. The average Bonchev–Trinajstić information content (AvgIpc) is 3.33. The van der Waals surface area contributed by atoms with Gasteiger partial charge in [-0.3, -0.25) is 9.59 Å². The van der Waals surface area contributed by atoms with Gasteiger partial charge in [-0.05, 0) is 12.8 Å². The lowest BCUT2D eigenvalue weighted by Gasteiger charge is -2.16. The highest BCUT2D eigenvalue weighted by Crippen LogP contribution is 2.33. The number of hydrogen-bond acceptors (Lipinski definition) is 7. The number of halogens is 1. The molecule has 12 heteroatoms. The maximum atomic E-state index is 11.9. The average molecular weight is 586 g/mol. The van der Waals surface area contributed by atoms with Crippen LogP contribution in [0.15, 0.2) is 0 Å². The highest BCUT2D eigenvalue weighted by atomic mass is 127. The molecule has 0 aliphatic carbocycles. The van der Waals surface area contributed by atoms with Crippen molar-refractivity contribution in [3.63, 3.8) is 0 Å². The van der Waals surface area contributed by atoms with Gasteiger partial charge in [0.15, 0.2) is 0 Å². The molecule has 4 amide bonds. The molecule has 0 aromatic carbocycles. The van der Waals surface area contributed by atoms with Crippen LogP contribution in [0.3, 0.4) is 0 Å². The first kappa shape index (κ1) is 27.4. The number of rotatable bonds is 18. The molecular formula is C20H35IN4O6S. The van der Waals surface area contributed by atoms with Gasteiger partial charge >= 0.3 is 6.03 Å². The van der Waals surface area contributed by atoms with Crippen molar-refractivity contribution in [3.8, 4) is 0 Å². The monoisotopic (exact) mass is 586 g/mol. The molecule has 2 saturated heterocycles. The summed E-state index contributed by atoms with van der Waals surface area (Å²) < 4.78 is 16.6. The predicted molar refractivity (Wildman–Crippen MR) is 131 cm³/mol. The van der Waals surface area contributed by atoms with Gasteiger partial charge in [-0.1, -0.05) is 29.0 Å². The number of urea groups is 1. The Bertz CT molecular complexity index is 588. The number of carbonyl (C=O) groups excluding carboxylic acids is 3. The molecule has 0 bridgehead atoms. The summed E-state index contributed by atoms with van der Waals surface area (Å²) in [6.07, 6.45) is 3.36. The van der Waals surface area contributed by atoms with Gasteiger partial charge in [0.1, 0.15) is 0 Å². The predicted octanol–water partition coefficient (Wildman–Crippen LogP) is 0.429. The Morgan fingerprint density at radius 1 is 0.938 bits per heavy atom. The summed E-state index contributed by atoms with van der Waals surface area (Å²) in [6, 6.07) is 0.428. The normalized spacial score (nSPS) is 21.7. The van der Waals surface area contributed by atoms with E-state index in [1.165, 1.54) is 0 Å². The number of hydrogen-bond donors (Lipinski definition) is 4. The van der Waals surface area contributed by atoms with Gasteiger partial charge in [0.2, 0.25) is 11.8 Å². The van der Waals surface area contributed by atoms with Crippen LogP contribution in [-0.2, 0) is 23.8 Å². The molecule has 2 heterocycles. The molecule has 0 aromatic heterocycles. The fourth-order valence-electron chi connectivity index (χ4n) is 3.48. The van der Waals surface area contributed by atoms with Crippen LogP contribution in [0.25, 0.3) is 0 Å². The standard InChI is InChI=1S/C20H35IN4O6S/c21-13-18(27)23-6-8-30-10-12-31-11-9-29-7-5-22-17(26)4-2-1-3-16-19-15(14-32-16)24-20(28)25-19/h15-16,19H,1-14H2,(H,22,26)(H,23,27)(H2,24,25,28)/t15-,16-,19-/m0/s1. The molecule has 4 N–H and O–H groups in total. The van der Waals surface area contributed by atoms with Crippen LogP contribution in [0, 0.1) is 0 Å². The second-order valence-corrected chi connectivity index (χ2v) is 9.57. The highest BCUT2D eigenvalue weighted by Gasteiger charge is 2.42. The third kappa shape index (κ3) is 11.3. The quantitative estimate of drug-likeness (QED) is 0.0795. The Morgan fingerprint density at radius 2 is 1.56 bits per heavy atom. The molecule has 2 fully saturated rings. The number of ether oxygens (including phenoxy) is 3. The van der Waals surface area contributed by atoms with Gasteiger partial charge in [0.25, 0.3) is 0 Å². The maximum absolute atomic E-state index is 11.9. The number of amides is 4. The van der Waals surface area contributed by atoms with E-state index in [-0.39, 0.29) is 29.9 Å². The molecule has 2 aliphatic rings. The van der Waals surface area contributed by atoms with Gasteiger partial charge in [0, 0.05) is 30.5 Å². The van der Waals surface area contributed by atoms with Crippen LogP contribution in [0.4, 0.5) is 4.79 Å². The fraction of sp³-hybridized carbons (Fsp3) is 0.850. The van der Waals surface area contributed by atoms with E-state index >= 15 is 0 Å². The molecule has 2 rings (SSSR count). The number of thioether (sulfide) groups is 1. The number of fused-ring (bicyclic) bond motifs is 1. The fourth-order valence-corrected chi connectivity index (χ4v) is 5.29. The molecule has 3 atom stereocenters. The topological polar surface area (TPSA) is 127 Å². The Morgan fingerprint density at radius 3 is 2.22 bits per heavy atom. The van der Waals surface area contributed by atoms with Crippen LogP contribution >= 0.6 is 34.4 Å². The van der Waals surface area contributed by atoms with Gasteiger partial charge in [-0.2, -0.15) is 11.8 Å². The van der Waals surface area contributed by atoms with E-state index in [9.17, 15) is 14.4 Å². The summed E-state index contributed by atoms with van der Waals surface area (Å²) >= 11 is 3.91. The molecule has 10 nitrogen and oxygen atoms in total. The zero-order valence-corrected chi connectivity index (χ0v) is 21.3. The summed E-state index contributed by atoms with van der Waals surface area (Å²) in [5.41, 5.74) is 0. The molecule has 0 unspecified atom stereocenters. The van der Waals surface area contributed by atoms with Crippen molar-refractivity contribution in [3.05, 3.63) is 0 Å². The van der Waals surface area contributed by atoms with E-state index in [2.05, 4.69) is 21.3 Å². The van der Waals surface area contributed by atoms with E-state index in [0.29, 0.717) is 68.8 Å². The van der Waals surface area contributed by atoms with Crippen LogP contribution in [0.2, 0.25) is 0 Å². The Balaban J connectivity index is 1.30. The minimum absolute atomic E-state index is 0.00881. The molecule has 184 valence electrons. The summed E-state index contributed by atoms with van der Waals surface area (Å²) in [7, 11) is 0. The minimum Gasteiger partial charge on any atom is -0.377 e. The van der Waals surface area contributed by atoms with Crippen LogP contribution in [-0.4, -0.2) is 98.1 Å². The first-order valence-corrected chi connectivity index (χ1v) is 13.7. The van der Waals surface area contributed by atoms with Crippen molar-refractivity contribution in [1.29, 1.82) is 0 Å². The van der Waals surface area contributed by atoms with E-state index in [4.69, 9.17) is 14.2 Å². The van der Waals surface area contributed by atoms with E-state index in [0.717, 1.165) is 25.0 Å². The molecule has 0 saturated carbocycles. The first-order chi connectivity index (χ1) is 15.6. The summed E-state index contributed by atoms with van der Waals surface area (Å²) in [6.45, 7) is 3.81. The highest BCUT2D eigenvalue weighted by molar-refractivity contribution is 14.1. The summed E-state index contributed by atoms with van der Waals surface area (Å²) in [5.74, 6) is 1.02. The van der Waals surface area contributed by atoms with Crippen LogP contribution in [0.1, 0.15) is 25.7 Å². The molecule has 2 aliphatic heterocycles. The maximum Gasteiger partial charge on any atom is 0.315 e. The van der Waals surface area contributed by atoms with Crippen molar-refractivity contribution in [2.75, 3.05) is 62.9 Å². The number of carbonyl (C=O) groups is 3. The molecule has 0 radical (unpaired) electrons. The largest absolute Gasteiger partial charge is 0.377 e. The number of unbranched alkanes of at least 4 members (excludes halogenated alkanes) is 1. The minimum atomic E-state index is -0.0575. The molecule has 32 heavy (non-hydrogen) atoms. The van der Waals surface area contributed by atoms with Crippen LogP contribution in [0.5, 0.6) is 0 Å². The Hall–Kier alpha value is -0.830. The smallest absolute Gasteiger partial charge is 0.315 e. The van der Waals surface area contributed by atoms with E-state index in [1.807, 2.05) is 34.4 Å². The summed E-state index contributed by atoms with van der Waals surface area (Å²) in [5, 5.41) is 12.0. The molecule has 0 aromatic rings. The third-order valence-corrected chi connectivity index (χ3v) is 7.28. The van der Waals surface area contributed by atoms with Crippen molar-refractivity contribution >= 4 is 52.2 Å². The van der Waals surface area contributed by atoms with Crippen molar-refractivity contribution in [1.82, 2.24) is 21.3 Å². The van der Waals surface area contributed by atoms with Gasteiger partial charge in [-0.25, -0.2) is 4.79 Å². The number of nitrogens with one attached hydrogen (secondary N) is 4. The SMILES string of the molecule is O=C(CI)NCCOCCOCCOCCNC(=O)CCCC[C@@H]1SC[C@@H]2NC(=O)N[C@@H]21. The van der Waals surface area contributed by atoms with Crippen molar-refractivity contribution in [2.45, 2.75) is 43.0 Å². The lowest BCUT2D eigenvalue weighted by Crippen LogP contribution is -2.36. The first-order valence-electron chi connectivity index (χ1n) is 11.1. The molecular weight excluding hydrogens is 551 g/mol. The lowest BCUT2D eigenvalue weighted by atomic mass is 10.0. The molecule has 0 spiro atoms. The Labute approximate surface area is 207 Å². The van der Waals surface area contributed by atoms with Crippen molar-refractivity contribution in [2.24, 2.45) is 0 Å². The lowest BCUT2D eigenvalue weighted by molar-refractivity contribution is -0.121. The van der Waals surface area contributed by atoms with Crippen LogP contribution < -0.4 is 21.3 Å². The second-order valence-electron chi connectivity index (χ2n) is 7.54. The van der Waals surface area contributed by atoms with E-state index in [1.54, 1.807) is 0 Å². The van der Waals surface area contributed by atoms with Gasteiger partial charge in [-0.15, -0.1) is 0 Å². The zero-order chi connectivity index (χ0) is 23.0. The Kier molecular flexibility index (Phi) is 14.3. The summed E-state index contributed by atoms with van der Waals surface area (Å²) in [4.78, 5) is 34.3. The third-order valence-electron chi connectivity index (χ3n) is 5.08. The van der Waals surface area contributed by atoms with Gasteiger partial charge in [0.05, 0.1) is 56.2 Å². The van der Waals surface area contributed by atoms with E-state index < -0.39 is 0 Å².